The molecule has 0 aliphatic heterocycles. The van der Waals surface area contributed by atoms with Gasteiger partial charge in [0.05, 0.1) is 12.7 Å². The second kappa shape index (κ2) is 40.2. The fourth-order valence-corrected chi connectivity index (χ4v) is 7.97. The number of ether oxygens (including phenoxy) is 2. The van der Waals surface area contributed by atoms with Crippen LogP contribution in [-0.4, -0.2) is 110 Å². The molecule has 1 aliphatic rings. The van der Waals surface area contributed by atoms with Crippen molar-refractivity contribution < 1.29 is 68.2 Å². The lowest BCUT2D eigenvalue weighted by Gasteiger charge is -2.41. The maximum atomic E-state index is 12.8. The highest BCUT2D eigenvalue weighted by atomic mass is 31.2. The van der Waals surface area contributed by atoms with Crippen LogP contribution in [0.4, 0.5) is 0 Å². The summed E-state index contributed by atoms with van der Waals surface area (Å²) in [6, 6.07) is 0. The lowest BCUT2D eigenvalue weighted by atomic mass is 9.85. The SMILES string of the molecule is CCCCC/C=C\C/C=C\CCCCCCCCCCCC(=O)O[C@H](COC(=O)CCC/C=C\C/C=C\C/C=C\C/C=C\CC[C@@H](O)CC)COP(=O)(O)OC1[C@H](O)[C@H](O)C(O)[C@H](O)[C@H]1O. The van der Waals surface area contributed by atoms with E-state index >= 15 is 0 Å². The maximum Gasteiger partial charge on any atom is 0.472 e. The molecule has 0 bridgehead atoms. The number of carbonyl (C=O) groups excluding carboxylic acids is 2. The zero-order valence-corrected chi connectivity index (χ0v) is 41.0. The van der Waals surface area contributed by atoms with E-state index in [1.54, 1.807) is 0 Å². The quantitative estimate of drug-likeness (QED) is 0.0131. The molecule has 0 aromatic carbocycles. The van der Waals surface area contributed by atoms with Crippen LogP contribution >= 0.6 is 7.82 Å². The number of aliphatic hydroxyl groups excluding tert-OH is 6. The van der Waals surface area contributed by atoms with Crippen molar-refractivity contribution in [1.29, 1.82) is 0 Å². The summed E-state index contributed by atoms with van der Waals surface area (Å²) in [6.45, 7) is 2.95. The van der Waals surface area contributed by atoms with Crippen LogP contribution in [0.5, 0.6) is 0 Å². The standard InChI is InChI=1S/C51H87O14P/c1-3-5-6-7-8-9-10-11-12-13-14-15-16-21-24-27-30-33-36-39-45(54)64-43(41-63-66(60,61)65-51-49(58)47(56)46(55)48(57)50(51)59)40-62-44(53)38-35-32-29-26-23-20-18-17-19-22-25-28-31-34-37-42(52)4-2/h8-9,11-12,18-20,22,26,28-29,31,42-43,46-52,55-59H,3-7,10,13-17,21,23-25,27,30,32-41H2,1-2H3,(H,60,61)/b9-8-,12-11-,20-18-,22-19-,29-26-,31-28-/t42-,43+,46?,47-,48+,49+,50+,51?/m0/s1. The van der Waals surface area contributed by atoms with Crippen LogP contribution in [0.2, 0.25) is 0 Å². The van der Waals surface area contributed by atoms with Gasteiger partial charge in [0.25, 0.3) is 0 Å². The minimum atomic E-state index is -5.15. The van der Waals surface area contributed by atoms with Crippen LogP contribution in [0.15, 0.2) is 72.9 Å². The first-order valence-electron chi connectivity index (χ1n) is 24.8. The number of hydrogen-bond acceptors (Lipinski definition) is 13. The fourth-order valence-electron chi connectivity index (χ4n) is 7.00. The Kier molecular flexibility index (Phi) is 37.3. The fraction of sp³-hybridized carbons (Fsp3) is 0.725. The van der Waals surface area contributed by atoms with Gasteiger partial charge in [-0.2, -0.15) is 0 Å². The zero-order valence-electron chi connectivity index (χ0n) is 40.1. The number of unbranched alkanes of at least 4 members (excludes halogenated alkanes) is 13. The largest absolute Gasteiger partial charge is 0.472 e. The topological polar surface area (TPSA) is 230 Å². The van der Waals surface area contributed by atoms with E-state index in [0.717, 1.165) is 77.0 Å². The summed E-state index contributed by atoms with van der Waals surface area (Å²) >= 11 is 0. The predicted molar refractivity (Wildman–Crippen MR) is 259 cm³/mol. The monoisotopic (exact) mass is 955 g/mol. The highest BCUT2D eigenvalue weighted by molar-refractivity contribution is 7.47. The van der Waals surface area contributed by atoms with E-state index in [1.807, 2.05) is 19.1 Å². The number of phosphoric ester groups is 1. The number of esters is 2. The maximum absolute atomic E-state index is 12.8. The van der Waals surface area contributed by atoms with Gasteiger partial charge in [-0.3, -0.25) is 18.6 Å². The summed E-state index contributed by atoms with van der Waals surface area (Å²) in [4.78, 5) is 35.8. The van der Waals surface area contributed by atoms with Gasteiger partial charge in [-0.1, -0.05) is 145 Å². The summed E-state index contributed by atoms with van der Waals surface area (Å²) in [5.74, 6) is -1.19. The van der Waals surface area contributed by atoms with E-state index in [-0.39, 0.29) is 18.9 Å². The molecule has 3 unspecified atom stereocenters. The van der Waals surface area contributed by atoms with Gasteiger partial charge >= 0.3 is 19.8 Å². The van der Waals surface area contributed by atoms with Gasteiger partial charge in [0.15, 0.2) is 6.10 Å². The van der Waals surface area contributed by atoms with Gasteiger partial charge < -0.3 is 45.0 Å². The van der Waals surface area contributed by atoms with E-state index in [9.17, 15) is 49.7 Å². The predicted octanol–water partition coefficient (Wildman–Crippen LogP) is 9.25. The van der Waals surface area contributed by atoms with Crippen molar-refractivity contribution in [1.82, 2.24) is 0 Å². The highest BCUT2D eigenvalue weighted by Gasteiger charge is 2.51. The molecule has 1 aliphatic carbocycles. The molecule has 1 fully saturated rings. The van der Waals surface area contributed by atoms with Crippen molar-refractivity contribution in [2.45, 2.75) is 223 Å². The summed E-state index contributed by atoms with van der Waals surface area (Å²) in [5, 5.41) is 59.8. The first-order valence-corrected chi connectivity index (χ1v) is 26.3. The van der Waals surface area contributed by atoms with Gasteiger partial charge in [-0.05, 0) is 89.9 Å². The van der Waals surface area contributed by atoms with Crippen molar-refractivity contribution in [2.24, 2.45) is 0 Å². The third kappa shape index (κ3) is 32.1. The molecular formula is C51H87O14P. The van der Waals surface area contributed by atoms with Gasteiger partial charge in [0.1, 0.15) is 43.2 Å². The van der Waals surface area contributed by atoms with Gasteiger partial charge in [-0.15, -0.1) is 0 Å². The molecule has 380 valence electrons. The Labute approximate surface area is 396 Å². The number of hydrogen-bond donors (Lipinski definition) is 7. The van der Waals surface area contributed by atoms with Crippen LogP contribution in [0.3, 0.4) is 0 Å². The average Bonchev–Trinajstić information content (AvgIpc) is 3.30. The van der Waals surface area contributed by atoms with Crippen molar-refractivity contribution in [3.63, 3.8) is 0 Å². The number of rotatable bonds is 40. The zero-order chi connectivity index (χ0) is 48.7. The first-order chi connectivity index (χ1) is 31.8. The summed E-state index contributed by atoms with van der Waals surface area (Å²) in [5.41, 5.74) is 0. The molecule has 7 N–H and O–H groups in total. The Balaban J connectivity index is 2.47. The molecule has 14 nitrogen and oxygen atoms in total. The molecule has 0 radical (unpaired) electrons. The first kappa shape index (κ1) is 61.3. The normalized spacial score (nSPS) is 22.4. The van der Waals surface area contributed by atoms with E-state index in [1.165, 1.54) is 51.4 Å². The van der Waals surface area contributed by atoms with E-state index < -0.39 is 75.7 Å². The Bertz CT molecular complexity index is 1450. The van der Waals surface area contributed by atoms with E-state index in [2.05, 4.69) is 67.7 Å². The third-order valence-corrected chi connectivity index (χ3v) is 12.2. The van der Waals surface area contributed by atoms with Crippen LogP contribution in [0, 0.1) is 0 Å². The Morgan fingerprint density at radius 3 is 1.47 bits per heavy atom. The molecule has 0 spiro atoms. The minimum absolute atomic E-state index is 0.0700. The lowest BCUT2D eigenvalue weighted by Crippen LogP contribution is -2.64. The molecule has 66 heavy (non-hydrogen) atoms. The highest BCUT2D eigenvalue weighted by Crippen LogP contribution is 2.47. The van der Waals surface area contributed by atoms with Gasteiger partial charge in [0.2, 0.25) is 0 Å². The molecular weight excluding hydrogens is 868 g/mol. The molecule has 0 saturated heterocycles. The van der Waals surface area contributed by atoms with Crippen LogP contribution in [-0.2, 0) is 32.7 Å². The third-order valence-electron chi connectivity index (χ3n) is 11.2. The molecule has 1 saturated carbocycles. The lowest BCUT2D eigenvalue weighted by molar-refractivity contribution is -0.220. The van der Waals surface area contributed by atoms with Crippen LogP contribution in [0.25, 0.3) is 0 Å². The summed E-state index contributed by atoms with van der Waals surface area (Å²) < 4.78 is 33.5. The van der Waals surface area contributed by atoms with Crippen molar-refractivity contribution >= 4 is 19.8 Å². The Morgan fingerprint density at radius 2 is 0.955 bits per heavy atom. The van der Waals surface area contributed by atoms with Crippen molar-refractivity contribution in [3.05, 3.63) is 72.9 Å². The molecule has 0 aromatic rings. The van der Waals surface area contributed by atoms with Gasteiger partial charge in [-0.25, -0.2) is 4.57 Å². The second-order valence-corrected chi connectivity index (χ2v) is 18.5. The van der Waals surface area contributed by atoms with Crippen LogP contribution < -0.4 is 0 Å². The van der Waals surface area contributed by atoms with E-state index in [4.69, 9.17) is 18.5 Å². The molecule has 9 atom stereocenters. The van der Waals surface area contributed by atoms with Crippen LogP contribution in [0.1, 0.15) is 174 Å². The Morgan fingerprint density at radius 1 is 0.530 bits per heavy atom. The van der Waals surface area contributed by atoms with Crippen molar-refractivity contribution in [2.75, 3.05) is 13.2 Å². The average molecular weight is 955 g/mol. The molecule has 0 amide bonds. The van der Waals surface area contributed by atoms with E-state index in [0.29, 0.717) is 19.3 Å². The second-order valence-electron chi connectivity index (χ2n) is 17.1. The smallest absolute Gasteiger partial charge is 0.462 e. The van der Waals surface area contributed by atoms with Crippen molar-refractivity contribution in [3.8, 4) is 0 Å². The number of aliphatic hydroxyl groups is 6. The van der Waals surface area contributed by atoms with Gasteiger partial charge in [0, 0.05) is 12.8 Å². The minimum Gasteiger partial charge on any atom is -0.462 e. The number of phosphoric acid groups is 1. The number of carbonyl (C=O) groups is 2. The molecule has 0 heterocycles. The molecule has 15 heteroatoms. The molecule has 1 rings (SSSR count). The Hall–Kier alpha value is -2.75. The summed E-state index contributed by atoms with van der Waals surface area (Å²) in [7, 11) is -5.15. The summed E-state index contributed by atoms with van der Waals surface area (Å²) in [6.07, 6.45) is 34.6. The number of allylic oxidation sites excluding steroid dienone is 12. The molecule has 0 aromatic heterocycles.